The average molecular weight is 448 g/mol. The average Bonchev–Trinajstić information content (AvgIpc) is 2.95. The summed E-state index contributed by atoms with van der Waals surface area (Å²) in [4.78, 5) is 23.1. The zero-order chi connectivity index (χ0) is 22.0. The highest BCUT2D eigenvalue weighted by atomic mass is 35.5. The number of carbonyl (C=O) groups is 1. The van der Waals surface area contributed by atoms with Gasteiger partial charge in [0.2, 0.25) is 5.95 Å². The Labute approximate surface area is 181 Å². The van der Waals surface area contributed by atoms with Crippen molar-refractivity contribution in [2.45, 2.75) is 12.7 Å². The number of anilines is 3. The van der Waals surface area contributed by atoms with Crippen LogP contribution in [0.15, 0.2) is 54.7 Å². The summed E-state index contributed by atoms with van der Waals surface area (Å²) in [7, 11) is 0. The zero-order valence-electron chi connectivity index (χ0n) is 16.1. The van der Waals surface area contributed by atoms with E-state index in [9.17, 15) is 18.0 Å². The molecule has 6 nitrogen and oxygen atoms in total. The van der Waals surface area contributed by atoms with Crippen LogP contribution < -0.4 is 10.6 Å². The van der Waals surface area contributed by atoms with E-state index >= 15 is 0 Å². The van der Waals surface area contributed by atoms with E-state index in [0.717, 1.165) is 12.1 Å². The molecule has 0 saturated carbocycles. The second kappa shape index (κ2) is 8.43. The lowest BCUT2D eigenvalue weighted by Gasteiger charge is -2.20. The lowest BCUT2D eigenvalue weighted by molar-refractivity contribution is -0.137. The van der Waals surface area contributed by atoms with Crippen LogP contribution in [0, 0.1) is 0 Å². The SMILES string of the molecule is O=C(c1ccc(Cl)cc1)N1CCNc2cnc(Nc3cccc(C(F)(F)F)c3)nc2C1. The van der Waals surface area contributed by atoms with Crippen molar-refractivity contribution in [2.24, 2.45) is 0 Å². The van der Waals surface area contributed by atoms with Gasteiger partial charge in [0.25, 0.3) is 5.91 Å². The number of amides is 1. The van der Waals surface area contributed by atoms with Crippen molar-refractivity contribution in [1.29, 1.82) is 0 Å². The number of alkyl halides is 3. The van der Waals surface area contributed by atoms with E-state index in [4.69, 9.17) is 11.6 Å². The number of nitrogens with zero attached hydrogens (tertiary/aromatic N) is 3. The van der Waals surface area contributed by atoms with E-state index in [1.807, 2.05) is 0 Å². The minimum atomic E-state index is -4.45. The Bertz CT molecular complexity index is 1100. The molecule has 1 aliphatic heterocycles. The van der Waals surface area contributed by atoms with E-state index in [1.165, 1.54) is 12.1 Å². The molecule has 31 heavy (non-hydrogen) atoms. The third-order valence-electron chi connectivity index (χ3n) is 4.73. The van der Waals surface area contributed by atoms with Gasteiger partial charge < -0.3 is 15.5 Å². The summed E-state index contributed by atoms with van der Waals surface area (Å²) in [5, 5.41) is 6.51. The molecule has 3 aromatic rings. The molecule has 2 aromatic carbocycles. The molecule has 1 aromatic heterocycles. The van der Waals surface area contributed by atoms with Gasteiger partial charge in [-0.15, -0.1) is 0 Å². The van der Waals surface area contributed by atoms with Crippen molar-refractivity contribution in [1.82, 2.24) is 14.9 Å². The first kappa shape index (κ1) is 20.9. The Hall–Kier alpha value is -3.33. The first-order chi connectivity index (χ1) is 14.8. The second-order valence-electron chi connectivity index (χ2n) is 6.92. The van der Waals surface area contributed by atoms with E-state index in [1.54, 1.807) is 35.4 Å². The third-order valence-corrected chi connectivity index (χ3v) is 4.98. The molecule has 2 heterocycles. The molecule has 0 bridgehead atoms. The van der Waals surface area contributed by atoms with Gasteiger partial charge in [0.1, 0.15) is 0 Å². The van der Waals surface area contributed by atoms with Crippen molar-refractivity contribution >= 4 is 34.8 Å². The fourth-order valence-corrected chi connectivity index (χ4v) is 3.31. The summed E-state index contributed by atoms with van der Waals surface area (Å²) in [5.74, 6) is -0.0296. The highest BCUT2D eigenvalue weighted by Crippen LogP contribution is 2.31. The van der Waals surface area contributed by atoms with Crippen LogP contribution in [0.1, 0.15) is 21.6 Å². The van der Waals surface area contributed by atoms with E-state index < -0.39 is 11.7 Å². The van der Waals surface area contributed by atoms with Gasteiger partial charge in [-0.2, -0.15) is 13.2 Å². The molecule has 0 unspecified atom stereocenters. The largest absolute Gasteiger partial charge is 0.416 e. The molecule has 0 radical (unpaired) electrons. The lowest BCUT2D eigenvalue weighted by Crippen LogP contribution is -2.32. The van der Waals surface area contributed by atoms with Crippen molar-refractivity contribution in [3.05, 3.63) is 76.6 Å². The number of hydrogen-bond donors (Lipinski definition) is 2. The first-order valence-electron chi connectivity index (χ1n) is 9.38. The van der Waals surface area contributed by atoms with Crippen LogP contribution in [-0.2, 0) is 12.7 Å². The molecule has 10 heteroatoms. The van der Waals surface area contributed by atoms with Crippen LogP contribution in [0.3, 0.4) is 0 Å². The van der Waals surface area contributed by atoms with Gasteiger partial charge in [-0.1, -0.05) is 17.7 Å². The molecule has 0 saturated heterocycles. The molecule has 0 aliphatic carbocycles. The minimum absolute atomic E-state index is 0.140. The molecule has 2 N–H and O–H groups in total. The smallest absolute Gasteiger partial charge is 0.380 e. The van der Waals surface area contributed by atoms with Crippen LogP contribution >= 0.6 is 11.6 Å². The van der Waals surface area contributed by atoms with Gasteiger partial charge in [-0.05, 0) is 42.5 Å². The number of fused-ring (bicyclic) bond motifs is 1. The summed E-state index contributed by atoms with van der Waals surface area (Å²) in [6.07, 6.45) is -2.90. The maximum Gasteiger partial charge on any atom is 0.416 e. The van der Waals surface area contributed by atoms with Crippen LogP contribution in [0.5, 0.6) is 0 Å². The molecule has 1 aliphatic rings. The van der Waals surface area contributed by atoms with Gasteiger partial charge >= 0.3 is 6.18 Å². The Balaban J connectivity index is 1.55. The number of halogens is 4. The number of nitrogens with one attached hydrogen (secondary N) is 2. The summed E-state index contributed by atoms with van der Waals surface area (Å²) in [6, 6.07) is 11.4. The predicted octanol–water partition coefficient (Wildman–Crippen LogP) is 4.96. The Morgan fingerprint density at radius 3 is 2.68 bits per heavy atom. The molecule has 4 rings (SSSR count). The van der Waals surface area contributed by atoms with Gasteiger partial charge in [-0.25, -0.2) is 9.97 Å². The quantitative estimate of drug-likeness (QED) is 0.594. The Kier molecular flexibility index (Phi) is 5.69. The monoisotopic (exact) mass is 447 g/mol. The van der Waals surface area contributed by atoms with Crippen LogP contribution in [-0.4, -0.2) is 33.9 Å². The van der Waals surface area contributed by atoms with Crippen molar-refractivity contribution in [2.75, 3.05) is 23.7 Å². The molecule has 0 fully saturated rings. The molecule has 0 spiro atoms. The first-order valence-corrected chi connectivity index (χ1v) is 9.76. The second-order valence-corrected chi connectivity index (χ2v) is 7.35. The predicted molar refractivity (Wildman–Crippen MR) is 111 cm³/mol. The van der Waals surface area contributed by atoms with Crippen LogP contribution in [0.4, 0.5) is 30.5 Å². The van der Waals surface area contributed by atoms with E-state index in [0.29, 0.717) is 35.1 Å². The number of hydrogen-bond acceptors (Lipinski definition) is 5. The summed E-state index contributed by atoms with van der Waals surface area (Å²) in [5.41, 5.74) is 1.17. The van der Waals surface area contributed by atoms with E-state index in [2.05, 4.69) is 20.6 Å². The highest BCUT2D eigenvalue weighted by molar-refractivity contribution is 6.30. The number of carbonyl (C=O) groups excluding carboxylic acids is 1. The van der Waals surface area contributed by atoms with Crippen LogP contribution in [0.25, 0.3) is 0 Å². The highest BCUT2D eigenvalue weighted by Gasteiger charge is 2.30. The zero-order valence-corrected chi connectivity index (χ0v) is 16.8. The van der Waals surface area contributed by atoms with E-state index in [-0.39, 0.29) is 24.1 Å². The maximum absolute atomic E-state index is 12.9. The maximum atomic E-state index is 12.9. The number of rotatable bonds is 3. The molecule has 0 atom stereocenters. The van der Waals surface area contributed by atoms with Crippen molar-refractivity contribution < 1.29 is 18.0 Å². The van der Waals surface area contributed by atoms with Crippen LogP contribution in [0.2, 0.25) is 5.02 Å². The Morgan fingerprint density at radius 1 is 1.16 bits per heavy atom. The molecule has 1 amide bonds. The topological polar surface area (TPSA) is 70.2 Å². The van der Waals surface area contributed by atoms with Gasteiger partial charge in [0, 0.05) is 29.4 Å². The summed E-state index contributed by atoms with van der Waals surface area (Å²) in [6.45, 7) is 1.19. The van der Waals surface area contributed by atoms with Gasteiger partial charge in [-0.3, -0.25) is 4.79 Å². The standard InChI is InChI=1S/C21H17ClF3N5O/c22-15-6-4-13(5-7-15)19(31)30-9-8-26-17-11-27-20(29-18(17)12-30)28-16-3-1-2-14(10-16)21(23,24)25/h1-7,10-11,26H,8-9,12H2,(H,27,28,29). The molecule has 160 valence electrons. The fraction of sp³-hybridized carbons (Fsp3) is 0.190. The normalized spacial score (nSPS) is 13.7. The van der Waals surface area contributed by atoms with Gasteiger partial charge in [0.15, 0.2) is 0 Å². The Morgan fingerprint density at radius 2 is 1.94 bits per heavy atom. The lowest BCUT2D eigenvalue weighted by atomic mass is 10.2. The molecular formula is C21H17ClF3N5O. The minimum Gasteiger partial charge on any atom is -0.380 e. The van der Waals surface area contributed by atoms with Gasteiger partial charge in [0.05, 0.1) is 29.7 Å². The van der Waals surface area contributed by atoms with Crippen molar-refractivity contribution in [3.8, 4) is 0 Å². The molecular weight excluding hydrogens is 431 g/mol. The summed E-state index contributed by atoms with van der Waals surface area (Å²) < 4.78 is 38.8. The fourth-order valence-electron chi connectivity index (χ4n) is 3.18. The van der Waals surface area contributed by atoms with Crippen molar-refractivity contribution in [3.63, 3.8) is 0 Å². The third kappa shape index (κ3) is 4.88. The number of aromatic nitrogens is 2. The number of benzene rings is 2. The summed E-state index contributed by atoms with van der Waals surface area (Å²) >= 11 is 5.89.